The molecule has 2 saturated heterocycles. The number of aryl methyl sites for hydroxylation is 2. The molecule has 0 saturated carbocycles. The highest BCUT2D eigenvalue weighted by Crippen LogP contribution is 2.28. The molecule has 1 N–H and O–H groups in total. The van der Waals surface area contributed by atoms with E-state index in [2.05, 4.69) is 12.2 Å². The van der Waals surface area contributed by atoms with Gasteiger partial charge >= 0.3 is 0 Å². The number of para-hydroxylation sites is 1. The maximum atomic E-state index is 13.3. The first-order chi connectivity index (χ1) is 16.8. The van der Waals surface area contributed by atoms with Gasteiger partial charge in [0.05, 0.1) is 5.69 Å². The van der Waals surface area contributed by atoms with E-state index < -0.39 is 0 Å². The summed E-state index contributed by atoms with van der Waals surface area (Å²) in [7, 11) is 0. The number of amides is 2. The standard InChI is InChI=1S/C28H30N4O2S/c1-18-11-12-22(14-19(18)2)32-27(34)24(29-28(32)35)15-21-16-30(25-10-5-4-9-23(21)25)17-26(33)31-13-7-6-8-20(31)3/h4-5,9-12,14-16,20H,6-8,13,17H2,1-3H3,(H,29,35)/b24-15-/t20-/m1/s1. The summed E-state index contributed by atoms with van der Waals surface area (Å²) in [6.45, 7) is 7.29. The number of thiocarbonyl (C=S) groups is 1. The van der Waals surface area contributed by atoms with Gasteiger partial charge in [-0.3, -0.25) is 14.5 Å². The van der Waals surface area contributed by atoms with Crippen molar-refractivity contribution in [2.24, 2.45) is 0 Å². The van der Waals surface area contributed by atoms with Gasteiger partial charge in [-0.15, -0.1) is 0 Å². The van der Waals surface area contributed by atoms with Crippen LogP contribution in [0.25, 0.3) is 17.0 Å². The number of nitrogens with zero attached hydrogens (tertiary/aromatic N) is 3. The number of nitrogens with one attached hydrogen (secondary N) is 1. The van der Waals surface area contributed by atoms with Gasteiger partial charge in [-0.25, -0.2) is 0 Å². The zero-order valence-corrected chi connectivity index (χ0v) is 21.2. The second-order valence-electron chi connectivity index (χ2n) is 9.56. The minimum atomic E-state index is -0.187. The van der Waals surface area contributed by atoms with Gasteiger partial charge in [-0.05, 0) is 87.7 Å². The average Bonchev–Trinajstić information content (AvgIpc) is 3.32. The van der Waals surface area contributed by atoms with Crippen LogP contribution in [-0.4, -0.2) is 39.0 Å². The molecular formula is C28H30N4O2S. The van der Waals surface area contributed by atoms with Crippen LogP contribution in [0.3, 0.4) is 0 Å². The molecule has 7 heteroatoms. The highest BCUT2D eigenvalue weighted by atomic mass is 32.1. The largest absolute Gasteiger partial charge is 0.338 e. The van der Waals surface area contributed by atoms with Crippen molar-refractivity contribution in [2.45, 2.75) is 52.6 Å². The molecule has 3 heterocycles. The van der Waals surface area contributed by atoms with Gasteiger partial charge in [0, 0.05) is 35.2 Å². The Morgan fingerprint density at radius 3 is 2.71 bits per heavy atom. The van der Waals surface area contributed by atoms with E-state index >= 15 is 0 Å². The molecule has 0 aliphatic carbocycles. The Hall–Kier alpha value is -3.45. The van der Waals surface area contributed by atoms with E-state index in [1.165, 1.54) is 11.3 Å². The molecule has 0 spiro atoms. The number of likely N-dealkylation sites (tertiary alicyclic amines) is 1. The van der Waals surface area contributed by atoms with Crippen LogP contribution >= 0.6 is 12.2 Å². The van der Waals surface area contributed by atoms with Crippen molar-refractivity contribution >= 4 is 51.8 Å². The van der Waals surface area contributed by atoms with Gasteiger partial charge in [-0.2, -0.15) is 0 Å². The molecule has 5 rings (SSSR count). The third kappa shape index (κ3) is 4.36. The van der Waals surface area contributed by atoms with Crippen molar-refractivity contribution in [1.29, 1.82) is 0 Å². The second-order valence-corrected chi connectivity index (χ2v) is 9.95. The molecule has 6 nitrogen and oxygen atoms in total. The molecule has 3 aromatic rings. The molecule has 2 fully saturated rings. The fraction of sp³-hybridized carbons (Fsp3) is 0.321. The van der Waals surface area contributed by atoms with E-state index in [1.54, 1.807) is 0 Å². The number of fused-ring (bicyclic) bond motifs is 1. The third-order valence-corrected chi connectivity index (χ3v) is 7.46. The molecule has 2 aliphatic rings. The van der Waals surface area contributed by atoms with Crippen LogP contribution in [0.15, 0.2) is 54.4 Å². The number of aromatic nitrogens is 1. The topological polar surface area (TPSA) is 57.6 Å². The Balaban J connectivity index is 1.46. The Bertz CT molecular complexity index is 1370. The fourth-order valence-electron chi connectivity index (χ4n) is 5.02. The van der Waals surface area contributed by atoms with E-state index in [4.69, 9.17) is 12.2 Å². The van der Waals surface area contributed by atoms with Gasteiger partial charge in [0.15, 0.2) is 5.11 Å². The summed E-state index contributed by atoms with van der Waals surface area (Å²) in [5, 5.41) is 4.45. The zero-order chi connectivity index (χ0) is 24.7. The lowest BCUT2D eigenvalue weighted by Gasteiger charge is -2.33. The van der Waals surface area contributed by atoms with E-state index in [0.29, 0.717) is 10.8 Å². The summed E-state index contributed by atoms with van der Waals surface area (Å²) in [6, 6.07) is 14.1. The van der Waals surface area contributed by atoms with Crippen LogP contribution < -0.4 is 10.2 Å². The Morgan fingerprint density at radius 2 is 1.94 bits per heavy atom. The third-order valence-electron chi connectivity index (χ3n) is 7.18. The lowest BCUT2D eigenvalue weighted by molar-refractivity contribution is -0.135. The molecule has 2 aliphatic heterocycles. The highest BCUT2D eigenvalue weighted by Gasteiger charge is 2.32. The average molecular weight is 487 g/mol. The predicted octanol–water partition coefficient (Wildman–Crippen LogP) is 4.92. The highest BCUT2D eigenvalue weighted by molar-refractivity contribution is 7.80. The first kappa shape index (κ1) is 23.3. The predicted molar refractivity (Wildman–Crippen MR) is 144 cm³/mol. The number of carbonyl (C=O) groups excluding carboxylic acids is 2. The number of benzene rings is 2. The van der Waals surface area contributed by atoms with Crippen LogP contribution in [0.2, 0.25) is 0 Å². The van der Waals surface area contributed by atoms with E-state index in [9.17, 15) is 9.59 Å². The Labute approximate surface area is 211 Å². The zero-order valence-electron chi connectivity index (χ0n) is 20.4. The molecular weight excluding hydrogens is 456 g/mol. The van der Waals surface area contributed by atoms with Crippen LogP contribution in [0.5, 0.6) is 0 Å². The molecule has 2 aromatic carbocycles. The summed E-state index contributed by atoms with van der Waals surface area (Å²) in [5.41, 5.74) is 5.29. The van der Waals surface area contributed by atoms with Crippen LogP contribution in [0.1, 0.15) is 42.9 Å². The van der Waals surface area contributed by atoms with Crippen molar-refractivity contribution in [3.8, 4) is 0 Å². The van der Waals surface area contributed by atoms with E-state index in [-0.39, 0.29) is 24.4 Å². The van der Waals surface area contributed by atoms with Gasteiger partial charge in [0.1, 0.15) is 12.2 Å². The number of piperidine rings is 1. The van der Waals surface area contributed by atoms with Crippen molar-refractivity contribution < 1.29 is 9.59 Å². The van der Waals surface area contributed by atoms with Crippen molar-refractivity contribution in [3.63, 3.8) is 0 Å². The second kappa shape index (κ2) is 9.30. The van der Waals surface area contributed by atoms with Crippen LogP contribution in [-0.2, 0) is 16.1 Å². The van der Waals surface area contributed by atoms with Crippen molar-refractivity contribution in [1.82, 2.24) is 14.8 Å². The van der Waals surface area contributed by atoms with E-state index in [1.807, 2.05) is 78.1 Å². The molecule has 1 atom stereocenters. The van der Waals surface area contributed by atoms with Crippen molar-refractivity contribution in [3.05, 3.63) is 71.0 Å². The van der Waals surface area contributed by atoms with Gasteiger partial charge < -0.3 is 14.8 Å². The molecule has 0 bridgehead atoms. The SMILES string of the molecule is Cc1ccc(N2C(=O)/C(=C/c3cn(CC(=O)N4CCCC[C@H]4C)c4ccccc34)NC2=S)cc1C. The molecule has 2 amide bonds. The number of hydrogen-bond donors (Lipinski definition) is 1. The number of hydrogen-bond acceptors (Lipinski definition) is 3. The summed E-state index contributed by atoms with van der Waals surface area (Å²) in [5.74, 6) is -0.0531. The van der Waals surface area contributed by atoms with E-state index in [0.717, 1.165) is 52.7 Å². The minimum absolute atomic E-state index is 0.134. The smallest absolute Gasteiger partial charge is 0.281 e. The molecule has 1 aromatic heterocycles. The Morgan fingerprint density at radius 1 is 1.14 bits per heavy atom. The Kier molecular flexibility index (Phi) is 6.19. The fourth-order valence-corrected chi connectivity index (χ4v) is 5.31. The normalized spacial score (nSPS) is 19.6. The summed E-state index contributed by atoms with van der Waals surface area (Å²) < 4.78 is 1.99. The monoisotopic (exact) mass is 486 g/mol. The minimum Gasteiger partial charge on any atom is -0.338 e. The van der Waals surface area contributed by atoms with Crippen LogP contribution in [0, 0.1) is 13.8 Å². The molecule has 180 valence electrons. The molecule has 35 heavy (non-hydrogen) atoms. The van der Waals surface area contributed by atoms with Gasteiger partial charge in [-0.1, -0.05) is 24.3 Å². The number of rotatable bonds is 4. The first-order valence-electron chi connectivity index (χ1n) is 12.1. The van der Waals surface area contributed by atoms with Gasteiger partial charge in [0.25, 0.3) is 5.91 Å². The first-order valence-corrected chi connectivity index (χ1v) is 12.6. The summed E-state index contributed by atoms with van der Waals surface area (Å²) >= 11 is 5.51. The lowest BCUT2D eigenvalue weighted by Crippen LogP contribution is -2.43. The summed E-state index contributed by atoms with van der Waals surface area (Å²) in [4.78, 5) is 30.0. The molecule has 0 radical (unpaired) electrons. The number of anilines is 1. The molecule has 0 unspecified atom stereocenters. The maximum Gasteiger partial charge on any atom is 0.281 e. The van der Waals surface area contributed by atoms with Crippen molar-refractivity contribution in [2.75, 3.05) is 11.4 Å². The quantitative estimate of drug-likeness (QED) is 0.420. The number of carbonyl (C=O) groups is 2. The maximum absolute atomic E-state index is 13.3. The lowest BCUT2D eigenvalue weighted by atomic mass is 10.0. The van der Waals surface area contributed by atoms with Gasteiger partial charge in [0.2, 0.25) is 5.91 Å². The van der Waals surface area contributed by atoms with Crippen LogP contribution in [0.4, 0.5) is 5.69 Å². The summed E-state index contributed by atoms with van der Waals surface area (Å²) in [6.07, 6.45) is 7.09.